The van der Waals surface area contributed by atoms with Crippen molar-refractivity contribution in [2.45, 2.75) is 6.42 Å². The van der Waals surface area contributed by atoms with Crippen molar-refractivity contribution >= 4 is 44.6 Å². The van der Waals surface area contributed by atoms with Gasteiger partial charge in [-0.05, 0) is 36.4 Å². The number of halogens is 1. The zero-order valence-corrected chi connectivity index (χ0v) is 14.4. The second kappa shape index (κ2) is 6.88. The van der Waals surface area contributed by atoms with Gasteiger partial charge < -0.3 is 14.3 Å². The van der Waals surface area contributed by atoms with E-state index >= 15 is 0 Å². The maximum absolute atomic E-state index is 11.3. The summed E-state index contributed by atoms with van der Waals surface area (Å²) in [5.74, 6) is -0.0321. The monoisotopic (exact) mass is 387 g/mol. The van der Waals surface area contributed by atoms with Crippen LogP contribution in [0.2, 0.25) is 0 Å². The fraction of sp³-hybridized carbons (Fsp3) is 0.111. The standard InChI is InChI=1S/C18H14BrNO4/c1-23-15-7-6-13(19)9-11(15)8-12(10-17(21)22)18-20-14-4-2-3-5-16(14)24-18/h2-9H,10H2,1H3,(H,21,22)/b12-8+. The van der Waals surface area contributed by atoms with Crippen molar-refractivity contribution in [3.05, 3.63) is 58.4 Å². The smallest absolute Gasteiger partial charge is 0.308 e. The van der Waals surface area contributed by atoms with Crippen LogP contribution in [0, 0.1) is 0 Å². The van der Waals surface area contributed by atoms with E-state index in [-0.39, 0.29) is 6.42 Å². The molecule has 0 radical (unpaired) electrons. The molecule has 3 rings (SSSR count). The Morgan fingerprint density at radius 1 is 1.33 bits per heavy atom. The SMILES string of the molecule is COc1ccc(Br)cc1/C=C(\CC(=O)O)c1nc2ccccc2o1. The van der Waals surface area contributed by atoms with Crippen molar-refractivity contribution in [3.63, 3.8) is 0 Å². The first kappa shape index (κ1) is 16.3. The number of carbonyl (C=O) groups is 1. The first-order valence-electron chi connectivity index (χ1n) is 7.18. The maximum atomic E-state index is 11.3. The lowest BCUT2D eigenvalue weighted by molar-refractivity contribution is -0.135. The number of carboxylic acid groups (broad SMARTS) is 1. The first-order valence-corrected chi connectivity index (χ1v) is 7.98. The third kappa shape index (κ3) is 3.49. The highest BCUT2D eigenvalue weighted by Crippen LogP contribution is 2.30. The van der Waals surface area contributed by atoms with Crippen LogP contribution in [0.15, 0.2) is 51.4 Å². The average molecular weight is 388 g/mol. The molecule has 1 heterocycles. The molecule has 2 aromatic carbocycles. The molecule has 0 amide bonds. The Morgan fingerprint density at radius 3 is 2.83 bits per heavy atom. The van der Waals surface area contributed by atoms with Crippen molar-refractivity contribution in [2.75, 3.05) is 7.11 Å². The van der Waals surface area contributed by atoms with Crippen molar-refractivity contribution in [2.24, 2.45) is 0 Å². The second-order valence-electron chi connectivity index (χ2n) is 5.11. The fourth-order valence-electron chi connectivity index (χ4n) is 2.37. The number of carboxylic acids is 1. The van der Waals surface area contributed by atoms with E-state index in [0.29, 0.717) is 28.3 Å². The van der Waals surface area contributed by atoms with E-state index < -0.39 is 5.97 Å². The molecule has 0 fully saturated rings. The van der Waals surface area contributed by atoms with Gasteiger partial charge in [0.15, 0.2) is 5.58 Å². The molecule has 6 heteroatoms. The lowest BCUT2D eigenvalue weighted by Gasteiger charge is -2.07. The number of hydrogen-bond donors (Lipinski definition) is 1. The summed E-state index contributed by atoms with van der Waals surface area (Å²) in [6.07, 6.45) is 1.52. The molecule has 0 aliphatic rings. The van der Waals surface area contributed by atoms with Crippen molar-refractivity contribution in [1.29, 1.82) is 0 Å². The van der Waals surface area contributed by atoms with Gasteiger partial charge in [0, 0.05) is 15.6 Å². The number of aromatic nitrogens is 1. The summed E-state index contributed by atoms with van der Waals surface area (Å²) in [5.41, 5.74) is 2.51. The van der Waals surface area contributed by atoms with Gasteiger partial charge in [0.1, 0.15) is 11.3 Å². The molecule has 1 N–H and O–H groups in total. The fourth-order valence-corrected chi connectivity index (χ4v) is 2.75. The van der Waals surface area contributed by atoms with E-state index in [1.54, 1.807) is 25.3 Å². The van der Waals surface area contributed by atoms with Gasteiger partial charge in [-0.3, -0.25) is 4.79 Å². The highest BCUT2D eigenvalue weighted by molar-refractivity contribution is 9.10. The van der Waals surface area contributed by atoms with Crippen LogP contribution >= 0.6 is 15.9 Å². The number of ether oxygens (including phenoxy) is 1. The molecule has 0 bridgehead atoms. The summed E-state index contributed by atoms with van der Waals surface area (Å²) in [6, 6.07) is 12.8. The number of para-hydroxylation sites is 2. The minimum Gasteiger partial charge on any atom is -0.496 e. The zero-order chi connectivity index (χ0) is 17.1. The van der Waals surface area contributed by atoms with Gasteiger partial charge >= 0.3 is 5.97 Å². The van der Waals surface area contributed by atoms with Crippen LogP contribution in [-0.2, 0) is 4.79 Å². The van der Waals surface area contributed by atoms with E-state index in [4.69, 9.17) is 9.15 Å². The second-order valence-corrected chi connectivity index (χ2v) is 6.03. The third-order valence-electron chi connectivity index (χ3n) is 3.43. The topological polar surface area (TPSA) is 72.6 Å². The van der Waals surface area contributed by atoms with Gasteiger partial charge in [0.05, 0.1) is 13.5 Å². The molecule has 24 heavy (non-hydrogen) atoms. The summed E-state index contributed by atoms with van der Waals surface area (Å²) in [4.78, 5) is 15.6. The molecule has 0 aliphatic carbocycles. The number of nitrogens with zero attached hydrogens (tertiary/aromatic N) is 1. The van der Waals surface area contributed by atoms with Crippen LogP contribution in [0.3, 0.4) is 0 Å². The molecule has 0 saturated carbocycles. The van der Waals surface area contributed by atoms with Crippen LogP contribution in [0.4, 0.5) is 0 Å². The lowest BCUT2D eigenvalue weighted by Crippen LogP contribution is -1.98. The average Bonchev–Trinajstić information content (AvgIpc) is 2.98. The van der Waals surface area contributed by atoms with E-state index in [1.807, 2.05) is 30.3 Å². The van der Waals surface area contributed by atoms with Crippen LogP contribution in [0.5, 0.6) is 5.75 Å². The Hall–Kier alpha value is -2.60. The highest BCUT2D eigenvalue weighted by atomic mass is 79.9. The molecule has 5 nitrogen and oxygen atoms in total. The number of fused-ring (bicyclic) bond motifs is 1. The van der Waals surface area contributed by atoms with Crippen molar-refractivity contribution in [1.82, 2.24) is 4.98 Å². The van der Waals surface area contributed by atoms with E-state index in [9.17, 15) is 9.90 Å². The Bertz CT molecular complexity index is 897. The number of oxazole rings is 1. The molecule has 0 spiro atoms. The van der Waals surface area contributed by atoms with Crippen molar-refractivity contribution in [3.8, 4) is 5.75 Å². The number of methoxy groups -OCH3 is 1. The van der Waals surface area contributed by atoms with Crippen LogP contribution in [0.1, 0.15) is 17.9 Å². The van der Waals surface area contributed by atoms with Crippen molar-refractivity contribution < 1.29 is 19.1 Å². The number of aliphatic carboxylic acids is 1. The number of rotatable bonds is 5. The maximum Gasteiger partial charge on any atom is 0.308 e. The van der Waals surface area contributed by atoms with Crippen LogP contribution in [0.25, 0.3) is 22.7 Å². The molecule has 0 aliphatic heterocycles. The van der Waals surface area contributed by atoms with Gasteiger partial charge in [0.2, 0.25) is 5.89 Å². The largest absolute Gasteiger partial charge is 0.496 e. The predicted octanol–water partition coefficient (Wildman–Crippen LogP) is 4.61. The Balaban J connectivity index is 2.12. The summed E-state index contributed by atoms with van der Waals surface area (Å²) in [7, 11) is 1.57. The molecule has 0 saturated heterocycles. The lowest BCUT2D eigenvalue weighted by atomic mass is 10.1. The predicted molar refractivity (Wildman–Crippen MR) is 94.8 cm³/mol. The summed E-state index contributed by atoms with van der Waals surface area (Å²) >= 11 is 3.41. The van der Waals surface area contributed by atoms with Crippen LogP contribution in [-0.4, -0.2) is 23.2 Å². The van der Waals surface area contributed by atoms with E-state index in [0.717, 1.165) is 10.0 Å². The highest BCUT2D eigenvalue weighted by Gasteiger charge is 2.15. The van der Waals surface area contributed by atoms with E-state index in [2.05, 4.69) is 20.9 Å². The normalized spacial score (nSPS) is 11.7. The quantitative estimate of drug-likeness (QED) is 0.691. The molecular formula is C18H14BrNO4. The minimum atomic E-state index is -0.961. The third-order valence-corrected chi connectivity index (χ3v) is 3.92. The Labute approximate surface area is 146 Å². The van der Waals surface area contributed by atoms with Gasteiger partial charge in [-0.25, -0.2) is 4.98 Å². The van der Waals surface area contributed by atoms with Gasteiger partial charge in [-0.1, -0.05) is 28.1 Å². The van der Waals surface area contributed by atoms with Gasteiger partial charge in [-0.15, -0.1) is 0 Å². The van der Waals surface area contributed by atoms with Crippen LogP contribution < -0.4 is 4.74 Å². The van der Waals surface area contributed by atoms with Gasteiger partial charge in [-0.2, -0.15) is 0 Å². The summed E-state index contributed by atoms with van der Waals surface area (Å²) < 4.78 is 11.9. The Kier molecular flexibility index (Phi) is 4.66. The minimum absolute atomic E-state index is 0.206. The van der Waals surface area contributed by atoms with Gasteiger partial charge in [0.25, 0.3) is 0 Å². The molecule has 0 atom stereocenters. The molecule has 3 aromatic rings. The molecule has 0 unspecified atom stereocenters. The molecule has 122 valence electrons. The number of benzene rings is 2. The first-order chi connectivity index (χ1) is 11.6. The molecule has 1 aromatic heterocycles. The number of hydrogen-bond acceptors (Lipinski definition) is 4. The summed E-state index contributed by atoms with van der Waals surface area (Å²) in [5, 5.41) is 9.23. The van der Waals surface area contributed by atoms with E-state index in [1.165, 1.54) is 0 Å². The summed E-state index contributed by atoms with van der Waals surface area (Å²) in [6.45, 7) is 0. The zero-order valence-electron chi connectivity index (χ0n) is 12.8. The molecular weight excluding hydrogens is 374 g/mol. The Morgan fingerprint density at radius 2 is 2.12 bits per heavy atom.